The van der Waals surface area contributed by atoms with Gasteiger partial charge in [-0.15, -0.1) is 0 Å². The number of carbonyl (C=O) groups is 3. The van der Waals surface area contributed by atoms with Gasteiger partial charge in [0, 0.05) is 13.0 Å². The largest absolute Gasteiger partial charge is 0.478 e. The summed E-state index contributed by atoms with van der Waals surface area (Å²) in [6.07, 6.45) is 1.36. The predicted octanol–water partition coefficient (Wildman–Crippen LogP) is -0.338. The molecule has 0 atom stereocenters. The minimum absolute atomic E-state index is 0.268. The van der Waals surface area contributed by atoms with Gasteiger partial charge in [-0.3, -0.25) is 4.79 Å². The van der Waals surface area contributed by atoms with E-state index in [-0.39, 0.29) is 18.9 Å². The van der Waals surface area contributed by atoms with Crippen molar-refractivity contribution in [3.8, 4) is 0 Å². The van der Waals surface area contributed by atoms with Crippen LogP contribution in [0.5, 0.6) is 0 Å². The lowest BCUT2D eigenvalue weighted by Gasteiger charge is -2.14. The van der Waals surface area contributed by atoms with Gasteiger partial charge in [0.05, 0.1) is 6.08 Å². The zero-order valence-electron chi connectivity index (χ0n) is 7.27. The molecule has 1 heterocycles. The first-order chi connectivity index (χ1) is 6.52. The number of nitrogens with zero attached hydrogens (tertiary/aromatic N) is 1. The maximum absolute atomic E-state index is 11.1. The summed E-state index contributed by atoms with van der Waals surface area (Å²) >= 11 is 0. The van der Waals surface area contributed by atoms with Crippen LogP contribution in [0.15, 0.2) is 11.8 Å². The van der Waals surface area contributed by atoms with Crippen molar-refractivity contribution in [3.63, 3.8) is 0 Å². The van der Waals surface area contributed by atoms with Crippen molar-refractivity contribution in [1.29, 1.82) is 0 Å². The molecule has 0 spiro atoms. The van der Waals surface area contributed by atoms with Crippen molar-refractivity contribution in [2.45, 2.75) is 12.8 Å². The monoisotopic (exact) mass is 199 g/mol. The third kappa shape index (κ3) is 2.09. The third-order valence-electron chi connectivity index (χ3n) is 1.84. The molecule has 0 unspecified atom stereocenters. The number of rotatable bonds is 3. The van der Waals surface area contributed by atoms with E-state index in [0.717, 1.165) is 4.90 Å². The first-order valence-corrected chi connectivity index (χ1v) is 4.00. The molecule has 0 saturated carbocycles. The molecule has 6 heteroatoms. The second-order valence-corrected chi connectivity index (χ2v) is 2.82. The van der Waals surface area contributed by atoms with Gasteiger partial charge in [-0.1, -0.05) is 0 Å². The van der Waals surface area contributed by atoms with Crippen molar-refractivity contribution in [1.82, 2.24) is 4.90 Å². The van der Waals surface area contributed by atoms with Crippen LogP contribution >= 0.6 is 0 Å². The zero-order valence-corrected chi connectivity index (χ0v) is 7.27. The van der Waals surface area contributed by atoms with Crippen LogP contribution in [0.2, 0.25) is 0 Å². The molecule has 0 radical (unpaired) electrons. The molecular formula is C8H9NO5. The van der Waals surface area contributed by atoms with Gasteiger partial charge in [-0.25, -0.2) is 9.59 Å². The normalized spacial score (nSPS) is 17.3. The highest BCUT2D eigenvalue weighted by Gasteiger charge is 2.28. The third-order valence-corrected chi connectivity index (χ3v) is 1.84. The van der Waals surface area contributed by atoms with Crippen LogP contribution in [0.4, 0.5) is 0 Å². The van der Waals surface area contributed by atoms with Gasteiger partial charge in [0.15, 0.2) is 0 Å². The molecule has 76 valence electrons. The first-order valence-electron chi connectivity index (χ1n) is 4.00. The molecule has 1 fully saturated rings. The molecule has 1 rings (SSSR count). The summed E-state index contributed by atoms with van der Waals surface area (Å²) in [5.41, 5.74) is -0.472. The smallest absolute Gasteiger partial charge is 0.352 e. The number of hydrogen-bond donors (Lipinski definition) is 2. The Morgan fingerprint density at radius 3 is 2.36 bits per heavy atom. The second-order valence-electron chi connectivity index (χ2n) is 2.82. The highest BCUT2D eigenvalue weighted by Crippen LogP contribution is 2.16. The number of aliphatic carboxylic acids is 2. The summed E-state index contributed by atoms with van der Waals surface area (Å²) in [4.78, 5) is 33.1. The number of likely N-dealkylation sites (tertiary alicyclic amines) is 1. The Morgan fingerprint density at radius 2 is 2.00 bits per heavy atom. The number of carboxylic acids is 2. The highest BCUT2D eigenvalue weighted by atomic mass is 16.4. The molecule has 0 aliphatic carbocycles. The van der Waals surface area contributed by atoms with E-state index in [1.165, 1.54) is 0 Å². The van der Waals surface area contributed by atoms with Gasteiger partial charge in [0.2, 0.25) is 5.91 Å². The van der Waals surface area contributed by atoms with Crippen LogP contribution in [-0.4, -0.2) is 39.5 Å². The topological polar surface area (TPSA) is 94.9 Å². The molecule has 1 amide bonds. The van der Waals surface area contributed by atoms with Gasteiger partial charge >= 0.3 is 11.9 Å². The van der Waals surface area contributed by atoms with E-state index in [1.807, 2.05) is 0 Å². The molecule has 1 aliphatic heterocycles. The standard InChI is InChI=1S/C8H9NO5/c10-6-2-1-3-9(6)5(8(13)14)4-7(11)12/h4H,1-3H2,(H,11,12)(H,13,14). The molecular weight excluding hydrogens is 190 g/mol. The lowest BCUT2D eigenvalue weighted by molar-refractivity contribution is -0.139. The van der Waals surface area contributed by atoms with Crippen molar-refractivity contribution >= 4 is 17.8 Å². The number of carbonyl (C=O) groups excluding carboxylic acids is 1. The van der Waals surface area contributed by atoms with Crippen LogP contribution in [0, 0.1) is 0 Å². The summed E-state index contributed by atoms with van der Waals surface area (Å²) in [6.45, 7) is 0.268. The van der Waals surface area contributed by atoms with E-state index in [9.17, 15) is 14.4 Å². The first kappa shape index (κ1) is 10.2. The molecule has 6 nitrogen and oxygen atoms in total. The van der Waals surface area contributed by atoms with Gasteiger partial charge < -0.3 is 15.1 Å². The van der Waals surface area contributed by atoms with Crippen molar-refractivity contribution in [2.75, 3.05) is 6.54 Å². The van der Waals surface area contributed by atoms with Crippen LogP contribution in [0.25, 0.3) is 0 Å². The maximum Gasteiger partial charge on any atom is 0.352 e. The molecule has 2 N–H and O–H groups in total. The fourth-order valence-corrected chi connectivity index (χ4v) is 1.27. The summed E-state index contributed by atoms with van der Waals surface area (Å²) in [5.74, 6) is -3.12. The Hall–Kier alpha value is -1.85. The summed E-state index contributed by atoms with van der Waals surface area (Å²) < 4.78 is 0. The molecule has 0 aromatic heterocycles. The summed E-state index contributed by atoms with van der Waals surface area (Å²) in [7, 11) is 0. The molecule has 0 aromatic carbocycles. The Labute approximate surface area is 79.4 Å². The van der Waals surface area contributed by atoms with E-state index < -0.39 is 17.6 Å². The van der Waals surface area contributed by atoms with Gasteiger partial charge in [-0.05, 0) is 6.42 Å². The average Bonchev–Trinajstić information content (AvgIpc) is 2.46. The summed E-state index contributed by atoms with van der Waals surface area (Å²) in [5, 5.41) is 17.1. The zero-order chi connectivity index (χ0) is 10.7. The summed E-state index contributed by atoms with van der Waals surface area (Å²) in [6, 6.07) is 0. The van der Waals surface area contributed by atoms with E-state index >= 15 is 0 Å². The minimum atomic E-state index is -1.40. The fraction of sp³-hybridized carbons (Fsp3) is 0.375. The van der Waals surface area contributed by atoms with Crippen molar-refractivity contribution in [2.24, 2.45) is 0 Å². The Morgan fingerprint density at radius 1 is 1.36 bits per heavy atom. The SMILES string of the molecule is O=C(O)C=C(C(=O)O)N1CCCC1=O. The lowest BCUT2D eigenvalue weighted by Crippen LogP contribution is -2.29. The number of carboxylic acid groups (broad SMARTS) is 2. The Kier molecular flexibility index (Phi) is 2.85. The Bertz CT molecular complexity index is 320. The van der Waals surface area contributed by atoms with Gasteiger partial charge in [0.25, 0.3) is 0 Å². The molecule has 1 aliphatic rings. The van der Waals surface area contributed by atoms with Crippen LogP contribution in [0.3, 0.4) is 0 Å². The maximum atomic E-state index is 11.1. The lowest BCUT2D eigenvalue weighted by atomic mass is 10.3. The quantitative estimate of drug-likeness (QED) is 0.606. The van der Waals surface area contributed by atoms with E-state index in [4.69, 9.17) is 10.2 Å². The van der Waals surface area contributed by atoms with E-state index in [2.05, 4.69) is 0 Å². The van der Waals surface area contributed by atoms with Gasteiger partial charge in [0.1, 0.15) is 5.70 Å². The van der Waals surface area contributed by atoms with E-state index in [0.29, 0.717) is 12.5 Å². The van der Waals surface area contributed by atoms with Gasteiger partial charge in [-0.2, -0.15) is 0 Å². The van der Waals surface area contributed by atoms with Crippen molar-refractivity contribution in [3.05, 3.63) is 11.8 Å². The molecule has 14 heavy (non-hydrogen) atoms. The molecule has 1 saturated heterocycles. The van der Waals surface area contributed by atoms with Crippen LogP contribution in [-0.2, 0) is 14.4 Å². The average molecular weight is 199 g/mol. The highest BCUT2D eigenvalue weighted by molar-refractivity contribution is 5.98. The molecule has 0 bridgehead atoms. The number of hydrogen-bond acceptors (Lipinski definition) is 3. The molecule has 0 aromatic rings. The van der Waals surface area contributed by atoms with Crippen molar-refractivity contribution < 1.29 is 24.6 Å². The van der Waals surface area contributed by atoms with E-state index in [1.54, 1.807) is 0 Å². The predicted molar refractivity (Wildman–Crippen MR) is 44.3 cm³/mol. The van der Waals surface area contributed by atoms with Crippen LogP contribution in [0.1, 0.15) is 12.8 Å². The fourth-order valence-electron chi connectivity index (χ4n) is 1.27. The van der Waals surface area contributed by atoms with Crippen LogP contribution < -0.4 is 0 Å². The second kappa shape index (κ2) is 3.91. The number of amides is 1. The minimum Gasteiger partial charge on any atom is -0.478 e. The Balaban J connectivity index is 2.93.